The van der Waals surface area contributed by atoms with Crippen molar-refractivity contribution >= 4 is 25.6 Å². The molecule has 1 atom stereocenters. The van der Waals surface area contributed by atoms with Gasteiger partial charge >= 0.3 is 0 Å². The van der Waals surface area contributed by atoms with Crippen LogP contribution in [0.3, 0.4) is 0 Å². The van der Waals surface area contributed by atoms with E-state index in [1.165, 1.54) is 31.4 Å². The predicted octanol–water partition coefficient (Wildman–Crippen LogP) is 3.01. The van der Waals surface area contributed by atoms with Crippen LogP contribution in [0.25, 0.3) is 0 Å². The highest BCUT2D eigenvalue weighted by atomic mass is 32.2. The molecule has 166 valence electrons. The molecule has 2 aliphatic rings. The van der Waals surface area contributed by atoms with Crippen LogP contribution in [-0.4, -0.2) is 53.6 Å². The van der Waals surface area contributed by atoms with Gasteiger partial charge in [0, 0.05) is 18.7 Å². The number of amides is 1. The van der Waals surface area contributed by atoms with Crippen LogP contribution in [0.5, 0.6) is 5.75 Å². The van der Waals surface area contributed by atoms with Gasteiger partial charge in [0.1, 0.15) is 11.0 Å². The topological polar surface area (TPSA) is 97.8 Å². The molecule has 1 fully saturated rings. The van der Waals surface area contributed by atoms with Crippen molar-refractivity contribution in [3.63, 3.8) is 0 Å². The molecule has 1 unspecified atom stereocenters. The summed E-state index contributed by atoms with van der Waals surface area (Å²) in [5.41, 5.74) is 0.264. The van der Waals surface area contributed by atoms with Crippen molar-refractivity contribution in [1.82, 2.24) is 4.90 Å². The minimum atomic E-state index is -4.01. The minimum absolute atomic E-state index is 0.0364. The number of hydrogen-bond acceptors (Lipinski definition) is 6. The van der Waals surface area contributed by atoms with Crippen molar-refractivity contribution in [3.05, 3.63) is 53.6 Å². The van der Waals surface area contributed by atoms with Crippen molar-refractivity contribution in [2.24, 2.45) is 0 Å². The van der Waals surface area contributed by atoms with E-state index in [0.717, 1.165) is 25.7 Å². The summed E-state index contributed by atoms with van der Waals surface area (Å²) in [7, 11) is -6.51. The highest BCUT2D eigenvalue weighted by Crippen LogP contribution is 2.47. The van der Waals surface area contributed by atoms with Crippen molar-refractivity contribution in [3.8, 4) is 5.75 Å². The Morgan fingerprint density at radius 3 is 2.26 bits per heavy atom. The number of fused-ring (bicyclic) bond motifs is 1. The average molecular weight is 464 g/mol. The zero-order chi connectivity index (χ0) is 22.2. The molecule has 0 bridgehead atoms. The first kappa shape index (κ1) is 21.8. The van der Waals surface area contributed by atoms with E-state index in [2.05, 4.69) is 0 Å². The third kappa shape index (κ3) is 3.85. The molecule has 1 saturated heterocycles. The molecule has 0 N–H and O–H groups in total. The Hall–Kier alpha value is -2.39. The number of hydrogen-bond donors (Lipinski definition) is 0. The minimum Gasteiger partial charge on any atom is -0.496 e. The number of rotatable bonds is 4. The maximum atomic E-state index is 13.4. The second kappa shape index (κ2) is 8.27. The van der Waals surface area contributed by atoms with Crippen LogP contribution in [0, 0.1) is 0 Å². The number of nitrogens with zero attached hydrogens (tertiary/aromatic N) is 1. The van der Waals surface area contributed by atoms with Crippen molar-refractivity contribution in [1.29, 1.82) is 0 Å². The van der Waals surface area contributed by atoms with Crippen molar-refractivity contribution in [2.75, 3.05) is 26.0 Å². The molecule has 0 aromatic heterocycles. The summed E-state index contributed by atoms with van der Waals surface area (Å²) in [6, 6.07) is 10.6. The van der Waals surface area contributed by atoms with Gasteiger partial charge in [-0.25, -0.2) is 16.8 Å². The highest BCUT2D eigenvalue weighted by Gasteiger charge is 2.46. The molecule has 4 rings (SSSR count). The van der Waals surface area contributed by atoms with E-state index < -0.39 is 30.7 Å². The fraction of sp³-hybridized carbons (Fsp3) is 0.409. The lowest BCUT2D eigenvalue weighted by atomic mass is 10.0. The summed E-state index contributed by atoms with van der Waals surface area (Å²) in [5.74, 6) is -0.795. The molecule has 7 nitrogen and oxygen atoms in total. The predicted molar refractivity (Wildman–Crippen MR) is 116 cm³/mol. The largest absolute Gasteiger partial charge is 0.496 e. The fourth-order valence-corrected chi connectivity index (χ4v) is 8.71. The first-order valence-corrected chi connectivity index (χ1v) is 13.5. The molecule has 9 heteroatoms. The molecule has 0 aliphatic carbocycles. The Kier molecular flexibility index (Phi) is 5.83. The number of likely N-dealkylation sites (tertiary alicyclic amines) is 1. The third-order valence-corrected chi connectivity index (χ3v) is 10.0. The quantitative estimate of drug-likeness (QED) is 0.691. The van der Waals surface area contributed by atoms with Gasteiger partial charge in [-0.15, -0.1) is 0 Å². The smallest absolute Gasteiger partial charge is 0.257 e. The summed E-state index contributed by atoms with van der Waals surface area (Å²) in [6.07, 6.45) is 3.91. The van der Waals surface area contributed by atoms with Gasteiger partial charge in [0.25, 0.3) is 5.91 Å². The van der Waals surface area contributed by atoms with Crippen LogP contribution in [0.1, 0.15) is 46.9 Å². The van der Waals surface area contributed by atoms with Gasteiger partial charge in [-0.2, -0.15) is 0 Å². The normalized spacial score (nSPS) is 20.7. The molecule has 2 heterocycles. The van der Waals surface area contributed by atoms with E-state index in [9.17, 15) is 21.6 Å². The third-order valence-electron chi connectivity index (χ3n) is 5.96. The van der Waals surface area contributed by atoms with E-state index in [1.807, 2.05) is 0 Å². The summed E-state index contributed by atoms with van der Waals surface area (Å²) < 4.78 is 57.9. The van der Waals surface area contributed by atoms with Crippen molar-refractivity contribution in [2.45, 2.75) is 40.7 Å². The first-order chi connectivity index (χ1) is 14.8. The van der Waals surface area contributed by atoms with Crippen molar-refractivity contribution < 1.29 is 26.4 Å². The fourth-order valence-electron chi connectivity index (χ4n) is 4.38. The van der Waals surface area contributed by atoms with Crippen LogP contribution in [-0.2, 0) is 19.7 Å². The van der Waals surface area contributed by atoms with Gasteiger partial charge < -0.3 is 9.64 Å². The van der Waals surface area contributed by atoms with Crippen LogP contribution in [0.2, 0.25) is 0 Å². The maximum Gasteiger partial charge on any atom is 0.257 e. The second-order valence-electron chi connectivity index (χ2n) is 7.89. The molecule has 2 aliphatic heterocycles. The van der Waals surface area contributed by atoms with Crippen LogP contribution < -0.4 is 4.74 Å². The lowest BCUT2D eigenvalue weighted by Crippen LogP contribution is -2.32. The molecule has 0 radical (unpaired) electrons. The average Bonchev–Trinajstić information content (AvgIpc) is 2.93. The standard InChI is InChI=1S/C22H25NO6S2/c1-29-21-17(22(24)23-13-7-2-3-8-14-23)11-12-18-20(21)19(15-30(18,25)26)31(27,28)16-9-5-4-6-10-16/h4-6,9-12,19H,2-3,7-8,13-15H2,1H3. The SMILES string of the molecule is COc1c(C(=O)N2CCCCCC2)ccc2c1C(S(=O)(=O)c1ccccc1)CS2(=O)=O. The zero-order valence-corrected chi connectivity index (χ0v) is 18.9. The molecule has 0 saturated carbocycles. The Morgan fingerprint density at radius 2 is 1.65 bits per heavy atom. The Morgan fingerprint density at radius 1 is 1.00 bits per heavy atom. The van der Waals surface area contributed by atoms with E-state index in [1.54, 1.807) is 23.1 Å². The second-order valence-corrected chi connectivity index (χ2v) is 12.0. The maximum absolute atomic E-state index is 13.4. The number of methoxy groups -OCH3 is 1. The lowest BCUT2D eigenvalue weighted by molar-refractivity contribution is 0.0758. The monoisotopic (exact) mass is 463 g/mol. The van der Waals surface area contributed by atoms with Crippen LogP contribution >= 0.6 is 0 Å². The Balaban J connectivity index is 1.86. The Bertz CT molecular complexity index is 1200. The van der Waals surface area contributed by atoms with E-state index >= 15 is 0 Å². The summed E-state index contributed by atoms with van der Waals surface area (Å²) >= 11 is 0. The van der Waals surface area contributed by atoms with E-state index in [0.29, 0.717) is 13.1 Å². The number of ether oxygens (including phenoxy) is 1. The van der Waals surface area contributed by atoms with Crippen LogP contribution in [0.4, 0.5) is 0 Å². The summed E-state index contributed by atoms with van der Waals surface area (Å²) in [6.45, 7) is 1.23. The lowest BCUT2D eigenvalue weighted by Gasteiger charge is -2.23. The van der Waals surface area contributed by atoms with E-state index in [4.69, 9.17) is 4.74 Å². The van der Waals surface area contributed by atoms with Gasteiger partial charge in [-0.1, -0.05) is 31.0 Å². The highest BCUT2D eigenvalue weighted by molar-refractivity contribution is 7.96. The molecule has 31 heavy (non-hydrogen) atoms. The van der Waals surface area contributed by atoms with Gasteiger partial charge in [-0.3, -0.25) is 4.79 Å². The number of carbonyl (C=O) groups is 1. The first-order valence-electron chi connectivity index (χ1n) is 10.3. The van der Waals surface area contributed by atoms with Gasteiger partial charge in [0.15, 0.2) is 19.7 Å². The van der Waals surface area contributed by atoms with Crippen LogP contribution in [0.15, 0.2) is 52.3 Å². The molecular formula is C22H25NO6S2. The molecule has 2 aromatic carbocycles. The zero-order valence-electron chi connectivity index (χ0n) is 17.3. The number of sulfone groups is 2. The molecule has 2 aromatic rings. The van der Waals surface area contributed by atoms with Gasteiger partial charge in [0.05, 0.1) is 28.2 Å². The molecular weight excluding hydrogens is 438 g/mol. The van der Waals surface area contributed by atoms with Gasteiger partial charge in [0.2, 0.25) is 0 Å². The Labute approximate surface area is 182 Å². The summed E-state index contributed by atoms with van der Waals surface area (Å²) in [4.78, 5) is 15.0. The number of benzene rings is 2. The van der Waals surface area contributed by atoms with E-state index in [-0.39, 0.29) is 32.6 Å². The molecule has 0 spiro atoms. The summed E-state index contributed by atoms with van der Waals surface area (Å²) in [5, 5.41) is -1.33. The van der Waals surface area contributed by atoms with Gasteiger partial charge in [-0.05, 0) is 37.1 Å². The number of carbonyl (C=O) groups excluding carboxylic acids is 1. The molecule has 1 amide bonds.